The molecule has 0 radical (unpaired) electrons. The molecule has 5 nitrogen and oxygen atoms in total. The van der Waals surface area contributed by atoms with Crippen molar-refractivity contribution in [1.82, 2.24) is 10.6 Å². The number of amides is 1. The third kappa shape index (κ3) is 3.17. The summed E-state index contributed by atoms with van der Waals surface area (Å²) in [4.78, 5) is 12.2. The first-order valence-electron chi connectivity index (χ1n) is 7.10. The van der Waals surface area contributed by atoms with Crippen molar-refractivity contribution in [3.63, 3.8) is 0 Å². The van der Waals surface area contributed by atoms with E-state index in [0.29, 0.717) is 26.4 Å². The van der Waals surface area contributed by atoms with Crippen molar-refractivity contribution in [3.8, 4) is 0 Å². The van der Waals surface area contributed by atoms with Crippen LogP contribution < -0.4 is 10.6 Å². The van der Waals surface area contributed by atoms with Gasteiger partial charge in [0.05, 0.1) is 32.0 Å². The summed E-state index contributed by atoms with van der Waals surface area (Å²) in [5.41, 5.74) is 2.53. The molecule has 5 heteroatoms. The molecule has 2 aliphatic heterocycles. The van der Waals surface area contributed by atoms with E-state index in [9.17, 15) is 4.79 Å². The Kier molecular flexibility index (Phi) is 4.30. The minimum absolute atomic E-state index is 0.0245. The van der Waals surface area contributed by atoms with Gasteiger partial charge in [0.25, 0.3) is 0 Å². The van der Waals surface area contributed by atoms with Crippen LogP contribution in [0.1, 0.15) is 11.1 Å². The fourth-order valence-corrected chi connectivity index (χ4v) is 2.63. The first-order chi connectivity index (χ1) is 9.83. The highest BCUT2D eigenvalue weighted by atomic mass is 16.6. The number of hydrogen-bond acceptors (Lipinski definition) is 4. The third-order valence-electron chi connectivity index (χ3n) is 3.79. The summed E-state index contributed by atoms with van der Waals surface area (Å²) in [6.07, 6.45) is 0.716. The van der Waals surface area contributed by atoms with Gasteiger partial charge in [0, 0.05) is 13.1 Å². The van der Waals surface area contributed by atoms with Crippen molar-refractivity contribution >= 4 is 5.91 Å². The zero-order valence-electron chi connectivity index (χ0n) is 11.4. The molecule has 0 spiro atoms. The van der Waals surface area contributed by atoms with Crippen LogP contribution in [0.25, 0.3) is 0 Å². The summed E-state index contributed by atoms with van der Waals surface area (Å²) in [5, 5.41) is 6.23. The van der Waals surface area contributed by atoms with Gasteiger partial charge >= 0.3 is 0 Å². The SMILES string of the molecule is O=C(NCC1COCCO1)[C@@H]1Cc2ccccc2CN1. The number of benzene rings is 1. The quantitative estimate of drug-likeness (QED) is 0.830. The molecule has 0 aromatic heterocycles. The molecule has 20 heavy (non-hydrogen) atoms. The lowest BCUT2D eigenvalue weighted by Gasteiger charge is -2.27. The molecule has 0 bridgehead atoms. The second kappa shape index (κ2) is 6.35. The monoisotopic (exact) mass is 276 g/mol. The number of nitrogens with one attached hydrogen (secondary N) is 2. The van der Waals surface area contributed by atoms with Gasteiger partial charge in [0.15, 0.2) is 0 Å². The standard InChI is InChI=1S/C15H20N2O3/c18-15(17-9-13-10-19-5-6-20-13)14-7-11-3-1-2-4-12(11)8-16-14/h1-4,13-14,16H,5-10H2,(H,17,18)/t13?,14-/m0/s1. The van der Waals surface area contributed by atoms with Crippen molar-refractivity contribution < 1.29 is 14.3 Å². The number of ether oxygens (including phenoxy) is 2. The summed E-state index contributed by atoms with van der Waals surface area (Å²) in [7, 11) is 0. The van der Waals surface area contributed by atoms with Crippen molar-refractivity contribution in [2.45, 2.75) is 25.1 Å². The Morgan fingerprint density at radius 3 is 2.95 bits per heavy atom. The molecular formula is C15H20N2O3. The molecule has 1 aromatic rings. The number of carbonyl (C=O) groups is 1. The van der Waals surface area contributed by atoms with Crippen LogP contribution in [-0.4, -0.2) is 44.4 Å². The number of rotatable bonds is 3. The van der Waals surface area contributed by atoms with Gasteiger partial charge in [-0.05, 0) is 17.5 Å². The smallest absolute Gasteiger partial charge is 0.237 e. The van der Waals surface area contributed by atoms with Crippen LogP contribution in [-0.2, 0) is 27.2 Å². The topological polar surface area (TPSA) is 59.6 Å². The first-order valence-corrected chi connectivity index (χ1v) is 7.10. The second-order valence-electron chi connectivity index (χ2n) is 5.22. The highest BCUT2D eigenvalue weighted by molar-refractivity contribution is 5.82. The van der Waals surface area contributed by atoms with Gasteiger partial charge < -0.3 is 20.1 Å². The summed E-state index contributed by atoms with van der Waals surface area (Å²) in [6, 6.07) is 8.08. The summed E-state index contributed by atoms with van der Waals surface area (Å²) < 4.78 is 10.8. The van der Waals surface area contributed by atoms with E-state index >= 15 is 0 Å². The highest BCUT2D eigenvalue weighted by Gasteiger charge is 2.24. The molecule has 1 saturated heterocycles. The molecule has 1 amide bonds. The van der Waals surface area contributed by atoms with E-state index in [1.54, 1.807) is 0 Å². The maximum absolute atomic E-state index is 12.2. The second-order valence-corrected chi connectivity index (χ2v) is 5.22. The van der Waals surface area contributed by atoms with Gasteiger partial charge in [-0.3, -0.25) is 4.79 Å². The predicted molar refractivity (Wildman–Crippen MR) is 74.3 cm³/mol. The molecule has 2 aliphatic rings. The van der Waals surface area contributed by atoms with E-state index < -0.39 is 0 Å². The molecule has 2 N–H and O–H groups in total. The third-order valence-corrected chi connectivity index (χ3v) is 3.79. The van der Waals surface area contributed by atoms with Crippen molar-refractivity contribution in [3.05, 3.63) is 35.4 Å². The van der Waals surface area contributed by atoms with Crippen molar-refractivity contribution in [2.75, 3.05) is 26.4 Å². The summed E-state index contributed by atoms with van der Waals surface area (Å²) in [6.45, 7) is 3.07. The Bertz CT molecular complexity index is 472. The maximum atomic E-state index is 12.2. The zero-order chi connectivity index (χ0) is 13.8. The lowest BCUT2D eigenvalue weighted by atomic mass is 9.95. The zero-order valence-corrected chi connectivity index (χ0v) is 11.4. The van der Waals surface area contributed by atoms with Crippen LogP contribution in [0.4, 0.5) is 0 Å². The van der Waals surface area contributed by atoms with Gasteiger partial charge in [-0.15, -0.1) is 0 Å². The van der Waals surface area contributed by atoms with E-state index in [1.165, 1.54) is 11.1 Å². The van der Waals surface area contributed by atoms with Crippen LogP contribution in [0.5, 0.6) is 0 Å². The van der Waals surface area contributed by atoms with Crippen molar-refractivity contribution in [2.24, 2.45) is 0 Å². The Balaban J connectivity index is 1.51. The molecule has 2 atom stereocenters. The van der Waals surface area contributed by atoms with Gasteiger partial charge in [0.2, 0.25) is 5.91 Å². The minimum atomic E-state index is -0.158. The highest BCUT2D eigenvalue weighted by Crippen LogP contribution is 2.16. The first kappa shape index (κ1) is 13.5. The largest absolute Gasteiger partial charge is 0.376 e. The van der Waals surface area contributed by atoms with E-state index in [1.807, 2.05) is 12.1 Å². The number of hydrogen-bond donors (Lipinski definition) is 2. The summed E-state index contributed by atoms with van der Waals surface area (Å²) in [5.74, 6) is 0.0358. The minimum Gasteiger partial charge on any atom is -0.376 e. The van der Waals surface area contributed by atoms with Crippen LogP contribution in [0, 0.1) is 0 Å². The Hall–Kier alpha value is -1.43. The molecule has 0 aliphatic carbocycles. The molecule has 108 valence electrons. The lowest BCUT2D eigenvalue weighted by molar-refractivity contribution is -0.126. The lowest BCUT2D eigenvalue weighted by Crippen LogP contribution is -2.50. The number of carbonyl (C=O) groups excluding carboxylic acids is 1. The van der Waals surface area contributed by atoms with Gasteiger partial charge in [0.1, 0.15) is 0 Å². The Labute approximate surface area is 118 Å². The molecule has 0 saturated carbocycles. The normalized spacial score (nSPS) is 25.8. The van der Waals surface area contributed by atoms with E-state index in [4.69, 9.17) is 9.47 Å². The molecule has 1 aromatic carbocycles. The fourth-order valence-electron chi connectivity index (χ4n) is 2.63. The van der Waals surface area contributed by atoms with Crippen LogP contribution in [0.3, 0.4) is 0 Å². The van der Waals surface area contributed by atoms with Crippen LogP contribution >= 0.6 is 0 Å². The maximum Gasteiger partial charge on any atom is 0.237 e. The summed E-state index contributed by atoms with van der Waals surface area (Å²) >= 11 is 0. The van der Waals surface area contributed by atoms with Gasteiger partial charge in [-0.1, -0.05) is 24.3 Å². The Morgan fingerprint density at radius 2 is 2.15 bits per heavy atom. The molecule has 3 rings (SSSR count). The average Bonchev–Trinajstić information content (AvgIpc) is 2.53. The van der Waals surface area contributed by atoms with Crippen LogP contribution in [0.2, 0.25) is 0 Å². The van der Waals surface area contributed by atoms with Gasteiger partial charge in [-0.25, -0.2) is 0 Å². The molecule has 1 unspecified atom stereocenters. The van der Waals surface area contributed by atoms with Crippen LogP contribution in [0.15, 0.2) is 24.3 Å². The predicted octanol–water partition coefficient (Wildman–Crippen LogP) is 0.232. The molecular weight excluding hydrogens is 256 g/mol. The average molecular weight is 276 g/mol. The van der Waals surface area contributed by atoms with E-state index in [2.05, 4.69) is 22.8 Å². The van der Waals surface area contributed by atoms with Gasteiger partial charge in [-0.2, -0.15) is 0 Å². The van der Waals surface area contributed by atoms with E-state index in [-0.39, 0.29) is 18.1 Å². The molecule has 1 fully saturated rings. The molecule has 2 heterocycles. The number of fused-ring (bicyclic) bond motifs is 1. The Morgan fingerprint density at radius 1 is 1.30 bits per heavy atom. The van der Waals surface area contributed by atoms with Crippen molar-refractivity contribution in [1.29, 1.82) is 0 Å². The fraction of sp³-hybridized carbons (Fsp3) is 0.533. The van der Waals surface area contributed by atoms with E-state index in [0.717, 1.165) is 13.0 Å².